The molecular formula is C15H28N6O2. The van der Waals surface area contributed by atoms with Crippen LogP contribution in [0.15, 0.2) is 5.11 Å². The number of nitrogens with zero attached hydrogens (tertiary/aromatic N) is 4. The fourth-order valence-electron chi connectivity index (χ4n) is 2.00. The lowest BCUT2D eigenvalue weighted by Gasteiger charge is -2.27. The van der Waals surface area contributed by atoms with Gasteiger partial charge in [0.15, 0.2) is 0 Å². The van der Waals surface area contributed by atoms with Gasteiger partial charge in [0.2, 0.25) is 0 Å². The van der Waals surface area contributed by atoms with E-state index in [4.69, 9.17) is 10.3 Å². The van der Waals surface area contributed by atoms with Crippen molar-refractivity contribution in [3.63, 3.8) is 0 Å². The summed E-state index contributed by atoms with van der Waals surface area (Å²) in [5, 5.41) is 18.7. The largest absolute Gasteiger partial charge is 0.444 e. The Morgan fingerprint density at radius 3 is 2.57 bits per heavy atom. The first-order valence-corrected chi connectivity index (χ1v) is 7.82. The van der Waals surface area contributed by atoms with Crippen LogP contribution in [0, 0.1) is 23.2 Å². The quantitative estimate of drug-likeness (QED) is 0.293. The summed E-state index contributed by atoms with van der Waals surface area (Å²) >= 11 is 0. The number of nitriles is 1. The predicted molar refractivity (Wildman–Crippen MR) is 88.6 cm³/mol. The van der Waals surface area contributed by atoms with Crippen LogP contribution >= 0.6 is 0 Å². The highest BCUT2D eigenvalue weighted by Crippen LogP contribution is 2.15. The average Bonchev–Trinajstić information content (AvgIpc) is 2.42. The summed E-state index contributed by atoms with van der Waals surface area (Å²) in [5.41, 5.74) is 7.67. The first-order valence-electron chi connectivity index (χ1n) is 7.82. The number of carbonyl (C=O) groups is 1. The summed E-state index contributed by atoms with van der Waals surface area (Å²) in [6.07, 6.45) is 0.176. The minimum Gasteiger partial charge on any atom is -0.444 e. The number of hydrogen-bond acceptors (Lipinski definition) is 5. The van der Waals surface area contributed by atoms with Gasteiger partial charge in [-0.25, -0.2) is 4.79 Å². The highest BCUT2D eigenvalue weighted by molar-refractivity contribution is 5.67. The highest BCUT2D eigenvalue weighted by Gasteiger charge is 2.25. The number of amides is 1. The molecule has 8 nitrogen and oxygen atoms in total. The number of carbonyl (C=O) groups excluding carboxylic acids is 1. The maximum Gasteiger partial charge on any atom is 0.407 e. The van der Waals surface area contributed by atoms with E-state index >= 15 is 0 Å². The zero-order valence-corrected chi connectivity index (χ0v) is 14.7. The van der Waals surface area contributed by atoms with Crippen LogP contribution in [0.3, 0.4) is 0 Å². The van der Waals surface area contributed by atoms with Crippen molar-refractivity contribution in [1.82, 2.24) is 10.6 Å². The van der Waals surface area contributed by atoms with E-state index in [9.17, 15) is 10.1 Å². The fraction of sp³-hybridized carbons (Fsp3) is 0.867. The van der Waals surface area contributed by atoms with Crippen molar-refractivity contribution in [1.29, 1.82) is 5.26 Å². The number of ether oxygens (including phenoxy) is 1. The topological polar surface area (TPSA) is 123 Å². The summed E-state index contributed by atoms with van der Waals surface area (Å²) in [5.74, 6) is 0.159. The van der Waals surface area contributed by atoms with Crippen molar-refractivity contribution in [3.8, 4) is 6.07 Å². The molecule has 0 aliphatic carbocycles. The monoisotopic (exact) mass is 324 g/mol. The van der Waals surface area contributed by atoms with E-state index in [0.29, 0.717) is 26.1 Å². The van der Waals surface area contributed by atoms with E-state index in [1.807, 2.05) is 13.8 Å². The standard InChI is InChI=1S/C15H28N6O2/c1-11(2)12(10-19-14(22)23-15(3,4)5)13(9-16)18-7-6-8-20-21-17/h11-13,18H,6-8,10H2,1-5H3,(H,19,22). The molecule has 2 atom stereocenters. The van der Waals surface area contributed by atoms with Gasteiger partial charge in [0.1, 0.15) is 11.6 Å². The zero-order valence-electron chi connectivity index (χ0n) is 14.7. The molecule has 23 heavy (non-hydrogen) atoms. The molecule has 0 radical (unpaired) electrons. The molecule has 1 amide bonds. The van der Waals surface area contributed by atoms with Crippen LogP contribution in [-0.4, -0.2) is 37.4 Å². The molecule has 2 N–H and O–H groups in total. The normalized spacial score (nSPS) is 13.6. The van der Waals surface area contributed by atoms with Crippen molar-refractivity contribution in [3.05, 3.63) is 10.4 Å². The van der Waals surface area contributed by atoms with Gasteiger partial charge in [-0.3, -0.25) is 0 Å². The molecule has 0 rings (SSSR count). The van der Waals surface area contributed by atoms with Gasteiger partial charge in [-0.05, 0) is 45.2 Å². The molecule has 130 valence electrons. The molecule has 0 spiro atoms. The average molecular weight is 324 g/mol. The van der Waals surface area contributed by atoms with Gasteiger partial charge in [0, 0.05) is 23.9 Å². The van der Waals surface area contributed by atoms with E-state index in [-0.39, 0.29) is 11.8 Å². The highest BCUT2D eigenvalue weighted by atomic mass is 16.6. The predicted octanol–water partition coefficient (Wildman–Crippen LogP) is 2.97. The second-order valence-electron chi connectivity index (χ2n) is 6.66. The van der Waals surface area contributed by atoms with Gasteiger partial charge in [-0.2, -0.15) is 5.26 Å². The minimum atomic E-state index is -0.550. The molecule has 0 saturated carbocycles. The molecule has 8 heteroatoms. The van der Waals surface area contributed by atoms with E-state index in [2.05, 4.69) is 26.7 Å². The Hall–Kier alpha value is -1.97. The van der Waals surface area contributed by atoms with Crippen molar-refractivity contribution in [2.24, 2.45) is 17.0 Å². The Morgan fingerprint density at radius 1 is 1.43 bits per heavy atom. The van der Waals surface area contributed by atoms with Crippen molar-refractivity contribution in [2.75, 3.05) is 19.6 Å². The number of azide groups is 1. The number of hydrogen-bond donors (Lipinski definition) is 2. The molecule has 0 aromatic heterocycles. The fourth-order valence-corrected chi connectivity index (χ4v) is 2.00. The van der Waals surface area contributed by atoms with E-state index < -0.39 is 17.7 Å². The van der Waals surface area contributed by atoms with Crippen LogP contribution in [0.2, 0.25) is 0 Å². The molecule has 2 unspecified atom stereocenters. The van der Waals surface area contributed by atoms with E-state index in [1.165, 1.54) is 0 Å². The summed E-state index contributed by atoms with van der Waals surface area (Å²) in [6.45, 7) is 10.7. The maximum atomic E-state index is 11.7. The molecule has 0 aliphatic heterocycles. The molecule has 0 heterocycles. The third-order valence-corrected chi connectivity index (χ3v) is 3.17. The second kappa shape index (κ2) is 10.7. The Bertz CT molecular complexity index is 446. The van der Waals surface area contributed by atoms with Crippen molar-refractivity contribution >= 4 is 6.09 Å². The van der Waals surface area contributed by atoms with Crippen molar-refractivity contribution in [2.45, 2.75) is 52.7 Å². The molecule has 0 bridgehead atoms. The summed E-state index contributed by atoms with van der Waals surface area (Å²) in [4.78, 5) is 14.4. The number of alkyl carbamates (subject to hydrolysis) is 1. The van der Waals surface area contributed by atoms with Crippen LogP contribution in [0.25, 0.3) is 10.4 Å². The Balaban J connectivity index is 4.47. The Morgan fingerprint density at radius 2 is 2.09 bits per heavy atom. The lowest BCUT2D eigenvalue weighted by Crippen LogP contribution is -2.45. The van der Waals surface area contributed by atoms with Crippen LogP contribution < -0.4 is 10.6 Å². The lowest BCUT2D eigenvalue weighted by atomic mass is 9.89. The van der Waals surface area contributed by atoms with Crippen molar-refractivity contribution < 1.29 is 9.53 Å². The van der Waals surface area contributed by atoms with Gasteiger partial charge in [0.25, 0.3) is 0 Å². The third kappa shape index (κ3) is 10.4. The minimum absolute atomic E-state index is 0.0491. The smallest absolute Gasteiger partial charge is 0.407 e. The van der Waals surface area contributed by atoms with E-state index in [0.717, 1.165) is 0 Å². The van der Waals surface area contributed by atoms with E-state index in [1.54, 1.807) is 20.8 Å². The first-order chi connectivity index (χ1) is 10.7. The summed E-state index contributed by atoms with van der Waals surface area (Å²) in [7, 11) is 0. The molecule has 0 aromatic carbocycles. The van der Waals surface area contributed by atoms with Crippen LogP contribution in [-0.2, 0) is 4.74 Å². The summed E-state index contributed by atoms with van der Waals surface area (Å²) < 4.78 is 5.21. The SMILES string of the molecule is CC(C)C(CNC(=O)OC(C)(C)C)C(C#N)NCCCN=[N+]=[N-]. The third-order valence-electron chi connectivity index (χ3n) is 3.17. The maximum absolute atomic E-state index is 11.7. The number of nitrogens with one attached hydrogen (secondary N) is 2. The first kappa shape index (κ1) is 21.0. The molecule has 0 aliphatic rings. The van der Waals surface area contributed by atoms with Gasteiger partial charge < -0.3 is 15.4 Å². The second-order valence-corrected chi connectivity index (χ2v) is 6.66. The van der Waals surface area contributed by atoms with Crippen LogP contribution in [0.4, 0.5) is 4.79 Å². The molecule has 0 aromatic rings. The lowest BCUT2D eigenvalue weighted by molar-refractivity contribution is 0.0512. The molecule has 0 fully saturated rings. The van der Waals surface area contributed by atoms with Gasteiger partial charge in [-0.15, -0.1) is 0 Å². The van der Waals surface area contributed by atoms with Crippen LogP contribution in [0.1, 0.15) is 41.0 Å². The van der Waals surface area contributed by atoms with Gasteiger partial charge in [-0.1, -0.05) is 19.0 Å². The molecule has 0 saturated heterocycles. The van der Waals surface area contributed by atoms with Crippen LogP contribution in [0.5, 0.6) is 0 Å². The van der Waals surface area contributed by atoms with Gasteiger partial charge in [0.05, 0.1) is 6.07 Å². The summed E-state index contributed by atoms with van der Waals surface area (Å²) in [6, 6.07) is 1.85. The molecular weight excluding hydrogens is 296 g/mol. The number of rotatable bonds is 9. The van der Waals surface area contributed by atoms with Gasteiger partial charge >= 0.3 is 6.09 Å². The Kier molecular flexibility index (Phi) is 9.79. The Labute approximate surface area is 138 Å². The zero-order chi connectivity index (χ0) is 17.9.